The number of nitrogens with one attached hydrogen (secondary N) is 1. The van der Waals surface area contributed by atoms with E-state index in [-0.39, 0.29) is 0 Å². The minimum Gasteiger partial charge on any atom is -0.361 e. The maximum absolute atomic E-state index is 11.6. The summed E-state index contributed by atoms with van der Waals surface area (Å²) < 4.78 is 1.93. The smallest absolute Gasteiger partial charge is 0.211 e. The third kappa shape index (κ3) is 5.35. The third-order valence-electron chi connectivity index (χ3n) is 6.61. The van der Waals surface area contributed by atoms with Crippen LogP contribution in [0.15, 0.2) is 67.4 Å². The van der Waals surface area contributed by atoms with Gasteiger partial charge < -0.3 is 14.8 Å². The van der Waals surface area contributed by atoms with E-state index in [1.54, 1.807) is 12.7 Å². The first-order chi connectivity index (χ1) is 16.8. The lowest BCUT2D eigenvalue weighted by Crippen LogP contribution is -2.49. The van der Waals surface area contributed by atoms with Gasteiger partial charge in [0.2, 0.25) is 6.41 Å². The van der Waals surface area contributed by atoms with E-state index in [1.165, 1.54) is 16.5 Å². The highest BCUT2D eigenvalue weighted by atomic mass is 16.1. The molecule has 2 aromatic carbocycles. The number of hydrogen-bond acceptors (Lipinski definition) is 5. The Morgan fingerprint density at radius 3 is 2.50 bits per heavy atom. The van der Waals surface area contributed by atoms with E-state index >= 15 is 0 Å². The predicted molar refractivity (Wildman–Crippen MR) is 132 cm³/mol. The van der Waals surface area contributed by atoms with E-state index < -0.39 is 0 Å². The number of aromatic nitrogens is 4. The van der Waals surface area contributed by atoms with Gasteiger partial charge in [-0.15, -0.1) is 10.2 Å². The van der Waals surface area contributed by atoms with Crippen molar-refractivity contribution in [1.82, 2.24) is 34.4 Å². The highest BCUT2D eigenvalue weighted by Crippen LogP contribution is 2.23. The Bertz CT molecular complexity index is 1180. The molecule has 0 saturated carbocycles. The van der Waals surface area contributed by atoms with Crippen molar-refractivity contribution in [3.63, 3.8) is 0 Å². The molecule has 0 aliphatic carbocycles. The monoisotopic (exact) mass is 457 g/mol. The number of amides is 1. The zero-order valence-electron chi connectivity index (χ0n) is 19.4. The Balaban J connectivity index is 1.08. The van der Waals surface area contributed by atoms with Crippen LogP contribution < -0.4 is 0 Å². The lowest BCUT2D eigenvalue weighted by atomic mass is 10.1. The molecule has 0 spiro atoms. The molecular weight excluding hydrogens is 426 g/mol. The molecule has 3 heterocycles. The number of hydrogen-bond donors (Lipinski definition) is 1. The minimum absolute atomic E-state index is 0.661. The van der Waals surface area contributed by atoms with Gasteiger partial charge in [-0.3, -0.25) is 14.3 Å². The Hall–Kier alpha value is -3.49. The number of fused-ring (bicyclic) bond motifs is 1. The zero-order valence-corrected chi connectivity index (χ0v) is 19.4. The molecule has 1 saturated heterocycles. The summed E-state index contributed by atoms with van der Waals surface area (Å²) in [5.41, 5.74) is 4.76. The van der Waals surface area contributed by atoms with Crippen LogP contribution in [0.2, 0.25) is 0 Å². The summed E-state index contributed by atoms with van der Waals surface area (Å²) in [6.45, 7) is 6.52. The average molecular weight is 458 g/mol. The fourth-order valence-electron chi connectivity index (χ4n) is 4.71. The normalized spacial score (nSPS) is 15.1. The van der Waals surface area contributed by atoms with Crippen LogP contribution in [0.4, 0.5) is 0 Å². The molecule has 8 nitrogen and oxygen atoms in total. The fraction of sp³-hybridized carbons (Fsp3) is 0.346. The second kappa shape index (κ2) is 10.6. The number of aryl methyl sites for hydroxylation is 1. The summed E-state index contributed by atoms with van der Waals surface area (Å²) in [6, 6.07) is 16.6. The molecule has 0 unspecified atom stereocenters. The number of benzene rings is 2. The molecule has 1 aliphatic rings. The first-order valence-corrected chi connectivity index (χ1v) is 11.9. The van der Waals surface area contributed by atoms with Crippen molar-refractivity contribution in [2.75, 3.05) is 39.4 Å². The Labute approximate surface area is 199 Å². The Kier molecular flexibility index (Phi) is 6.97. The molecule has 1 amide bonds. The van der Waals surface area contributed by atoms with Crippen LogP contribution in [-0.2, 0) is 17.8 Å². The van der Waals surface area contributed by atoms with Crippen molar-refractivity contribution in [3.8, 4) is 5.69 Å². The molecule has 8 heteroatoms. The van der Waals surface area contributed by atoms with E-state index in [4.69, 9.17) is 0 Å². The van der Waals surface area contributed by atoms with Crippen molar-refractivity contribution < 1.29 is 4.79 Å². The summed E-state index contributed by atoms with van der Waals surface area (Å²) in [5.74, 6) is 0. The van der Waals surface area contributed by atoms with Gasteiger partial charge in [-0.2, -0.15) is 0 Å². The third-order valence-corrected chi connectivity index (χ3v) is 6.61. The van der Waals surface area contributed by atoms with Gasteiger partial charge in [-0.1, -0.05) is 30.3 Å². The van der Waals surface area contributed by atoms with Gasteiger partial charge >= 0.3 is 0 Å². The van der Waals surface area contributed by atoms with Crippen molar-refractivity contribution in [3.05, 3.63) is 78.5 Å². The quantitative estimate of drug-likeness (QED) is 0.371. The van der Waals surface area contributed by atoms with E-state index in [9.17, 15) is 4.79 Å². The molecule has 0 radical (unpaired) electrons. The van der Waals surface area contributed by atoms with Gasteiger partial charge in [-0.25, -0.2) is 0 Å². The van der Waals surface area contributed by atoms with Crippen molar-refractivity contribution in [2.24, 2.45) is 0 Å². The lowest BCUT2D eigenvalue weighted by Gasteiger charge is -2.36. The highest BCUT2D eigenvalue weighted by Gasteiger charge is 2.18. The molecule has 5 rings (SSSR count). The predicted octanol–water partition coefficient (Wildman–Crippen LogP) is 2.91. The maximum atomic E-state index is 11.6. The molecule has 176 valence electrons. The fourth-order valence-corrected chi connectivity index (χ4v) is 4.71. The zero-order chi connectivity index (χ0) is 23.2. The number of piperazine rings is 1. The number of H-pyrrole nitrogens is 1. The topological polar surface area (TPSA) is 73.3 Å². The van der Waals surface area contributed by atoms with Crippen LogP contribution in [-0.4, -0.2) is 80.3 Å². The standard InChI is InChI=1S/C26H31N7O/c34-21-32(17-22-5-2-1-3-6-22)20-31-13-11-30(12-14-31)10-4-7-23-16-27-26-9-8-24(15-25(23)26)33-18-28-29-19-33/h1-3,5-6,8-9,15-16,18-19,21,27H,4,7,10-14,17,20H2. The Morgan fingerprint density at radius 2 is 1.74 bits per heavy atom. The first-order valence-electron chi connectivity index (χ1n) is 11.9. The maximum Gasteiger partial charge on any atom is 0.211 e. The van der Waals surface area contributed by atoms with Gasteiger partial charge in [0.1, 0.15) is 12.7 Å². The van der Waals surface area contributed by atoms with E-state index in [2.05, 4.69) is 61.5 Å². The van der Waals surface area contributed by atoms with Gasteiger partial charge in [0.05, 0.1) is 6.67 Å². The number of nitrogens with zero attached hydrogens (tertiary/aromatic N) is 6. The van der Waals surface area contributed by atoms with Crippen LogP contribution >= 0.6 is 0 Å². The molecule has 1 fully saturated rings. The second-order valence-corrected chi connectivity index (χ2v) is 8.96. The summed E-state index contributed by atoms with van der Waals surface area (Å²) >= 11 is 0. The molecule has 2 aromatic heterocycles. The summed E-state index contributed by atoms with van der Waals surface area (Å²) in [4.78, 5) is 21.7. The molecule has 1 aliphatic heterocycles. The van der Waals surface area contributed by atoms with Gasteiger partial charge in [0.25, 0.3) is 0 Å². The number of carbonyl (C=O) groups excluding carboxylic acids is 1. The summed E-state index contributed by atoms with van der Waals surface area (Å²) in [6.07, 6.45) is 8.72. The Morgan fingerprint density at radius 1 is 0.971 bits per heavy atom. The number of rotatable bonds is 10. The lowest BCUT2D eigenvalue weighted by molar-refractivity contribution is -0.121. The molecule has 0 bridgehead atoms. The summed E-state index contributed by atoms with van der Waals surface area (Å²) in [7, 11) is 0. The van der Waals surface area contributed by atoms with Crippen LogP contribution in [0, 0.1) is 0 Å². The van der Waals surface area contributed by atoms with Crippen molar-refractivity contribution >= 4 is 17.3 Å². The molecule has 0 atom stereocenters. The van der Waals surface area contributed by atoms with E-state index in [1.807, 2.05) is 27.7 Å². The summed E-state index contributed by atoms with van der Waals surface area (Å²) in [5, 5.41) is 9.09. The van der Waals surface area contributed by atoms with Crippen molar-refractivity contribution in [2.45, 2.75) is 19.4 Å². The largest absolute Gasteiger partial charge is 0.361 e. The van der Waals surface area contributed by atoms with E-state index in [0.29, 0.717) is 13.2 Å². The minimum atomic E-state index is 0.661. The number of carbonyl (C=O) groups is 1. The second-order valence-electron chi connectivity index (χ2n) is 8.96. The molecular formula is C26H31N7O. The van der Waals surface area contributed by atoms with E-state index in [0.717, 1.165) is 63.2 Å². The van der Waals surface area contributed by atoms with Gasteiger partial charge in [-0.05, 0) is 48.7 Å². The van der Waals surface area contributed by atoms with Crippen molar-refractivity contribution in [1.29, 1.82) is 0 Å². The number of aromatic amines is 1. The SMILES string of the molecule is O=CN(Cc1ccccc1)CN1CCN(CCCc2c[nH]c3ccc(-n4cnnc4)cc23)CC1. The molecule has 34 heavy (non-hydrogen) atoms. The average Bonchev–Trinajstić information content (AvgIpc) is 3.56. The van der Waals surface area contributed by atoms with Crippen LogP contribution in [0.3, 0.4) is 0 Å². The van der Waals surface area contributed by atoms with Gasteiger partial charge in [0.15, 0.2) is 0 Å². The van der Waals surface area contributed by atoms with Crippen LogP contribution in [0.1, 0.15) is 17.5 Å². The first kappa shape index (κ1) is 22.3. The molecule has 4 aromatic rings. The van der Waals surface area contributed by atoms with Crippen LogP contribution in [0.5, 0.6) is 0 Å². The van der Waals surface area contributed by atoms with Crippen LogP contribution in [0.25, 0.3) is 16.6 Å². The highest BCUT2D eigenvalue weighted by molar-refractivity contribution is 5.85. The molecule has 1 N–H and O–H groups in total. The van der Waals surface area contributed by atoms with Gasteiger partial charge in [0, 0.05) is 55.5 Å².